The molecule has 1 aromatic carbocycles. The van der Waals surface area contributed by atoms with E-state index in [2.05, 4.69) is 5.32 Å². The summed E-state index contributed by atoms with van der Waals surface area (Å²) < 4.78 is 5.18. The molecule has 0 aliphatic carbocycles. The molecule has 0 radical (unpaired) electrons. The lowest BCUT2D eigenvalue weighted by molar-refractivity contribution is -0.384. The van der Waals surface area contributed by atoms with Crippen LogP contribution in [-0.4, -0.2) is 48.6 Å². The van der Waals surface area contributed by atoms with E-state index in [1.54, 1.807) is 4.90 Å². The van der Waals surface area contributed by atoms with Crippen LogP contribution in [0.5, 0.6) is 0 Å². The summed E-state index contributed by atoms with van der Waals surface area (Å²) in [5.41, 5.74) is 0.264. The first kappa shape index (κ1) is 15.5. The van der Waals surface area contributed by atoms with Gasteiger partial charge in [0.15, 0.2) is 0 Å². The molecule has 1 fully saturated rings. The van der Waals surface area contributed by atoms with Gasteiger partial charge in [-0.3, -0.25) is 14.9 Å². The van der Waals surface area contributed by atoms with E-state index in [1.165, 1.54) is 18.2 Å². The van der Waals surface area contributed by atoms with E-state index < -0.39 is 4.92 Å². The van der Waals surface area contributed by atoms with Crippen molar-refractivity contribution < 1.29 is 14.5 Å². The summed E-state index contributed by atoms with van der Waals surface area (Å²) in [5.74, 6) is 0.00970. The smallest absolute Gasteiger partial charge is 0.292 e. The number of nitro groups is 1. The maximum absolute atomic E-state index is 11.9. The predicted octanol–water partition coefficient (Wildman–Crippen LogP) is 1.91. The number of anilines is 1. The minimum Gasteiger partial charge on any atom is -0.379 e. The summed E-state index contributed by atoms with van der Waals surface area (Å²) in [5, 5.41) is 14.2. The molecule has 1 aliphatic rings. The van der Waals surface area contributed by atoms with Crippen molar-refractivity contribution in [3.05, 3.63) is 33.3 Å². The molecule has 114 valence electrons. The number of hydrogen-bond donors (Lipinski definition) is 1. The molecule has 8 heteroatoms. The average Bonchev–Trinajstić information content (AvgIpc) is 2.48. The first-order valence-electron chi connectivity index (χ1n) is 6.61. The monoisotopic (exact) mass is 313 g/mol. The fraction of sp³-hybridized carbons (Fsp3) is 0.462. The van der Waals surface area contributed by atoms with Gasteiger partial charge in [0, 0.05) is 37.1 Å². The zero-order valence-corrected chi connectivity index (χ0v) is 12.1. The highest BCUT2D eigenvalue weighted by molar-refractivity contribution is 6.31. The molecule has 21 heavy (non-hydrogen) atoms. The third-order valence-corrected chi connectivity index (χ3v) is 3.41. The highest BCUT2D eigenvalue weighted by Gasteiger charge is 2.17. The minimum atomic E-state index is -0.484. The van der Waals surface area contributed by atoms with Gasteiger partial charge < -0.3 is 15.0 Å². The summed E-state index contributed by atoms with van der Waals surface area (Å²) in [6, 6.07) is 4.29. The zero-order chi connectivity index (χ0) is 15.2. The number of amides is 1. The minimum absolute atomic E-state index is 0.00970. The fourth-order valence-corrected chi connectivity index (χ4v) is 2.26. The zero-order valence-electron chi connectivity index (χ0n) is 11.4. The normalized spacial score (nSPS) is 14.8. The van der Waals surface area contributed by atoms with Gasteiger partial charge in [0.2, 0.25) is 5.91 Å². The standard InChI is InChI=1S/C13H16ClN3O4/c14-10-1-2-12(17(19)20)11(9-10)15-4-3-13(18)16-5-7-21-8-6-16/h1-2,9,15H,3-8H2. The molecule has 0 unspecified atom stereocenters. The molecule has 1 saturated heterocycles. The number of carbonyl (C=O) groups excluding carboxylic acids is 1. The second-order valence-corrected chi connectivity index (χ2v) is 5.02. The quantitative estimate of drug-likeness (QED) is 0.663. The first-order chi connectivity index (χ1) is 10.1. The Morgan fingerprint density at radius 2 is 2.14 bits per heavy atom. The molecule has 1 aromatic rings. The molecule has 0 saturated carbocycles. The molecular weight excluding hydrogens is 298 g/mol. The van der Waals surface area contributed by atoms with Crippen molar-refractivity contribution in [3.8, 4) is 0 Å². The number of morpholine rings is 1. The number of ether oxygens (including phenoxy) is 1. The molecular formula is C13H16ClN3O4. The van der Waals surface area contributed by atoms with Crippen LogP contribution in [0.15, 0.2) is 18.2 Å². The number of nitrogens with zero attached hydrogens (tertiary/aromatic N) is 2. The Kier molecular flexibility index (Phi) is 5.35. The van der Waals surface area contributed by atoms with Crippen LogP contribution in [0, 0.1) is 10.1 Å². The van der Waals surface area contributed by atoms with Gasteiger partial charge >= 0.3 is 0 Å². The number of halogens is 1. The highest BCUT2D eigenvalue weighted by atomic mass is 35.5. The van der Waals surface area contributed by atoms with Crippen molar-refractivity contribution in [2.75, 3.05) is 38.2 Å². The van der Waals surface area contributed by atoms with Crippen LogP contribution in [0.1, 0.15) is 6.42 Å². The lowest BCUT2D eigenvalue weighted by atomic mass is 10.2. The largest absolute Gasteiger partial charge is 0.379 e. The second-order valence-electron chi connectivity index (χ2n) is 4.59. The number of rotatable bonds is 5. The van der Waals surface area contributed by atoms with Gasteiger partial charge in [-0.2, -0.15) is 0 Å². The Morgan fingerprint density at radius 3 is 2.81 bits per heavy atom. The molecule has 0 atom stereocenters. The maximum Gasteiger partial charge on any atom is 0.292 e. The molecule has 1 N–H and O–H groups in total. The molecule has 0 spiro atoms. The van der Waals surface area contributed by atoms with Gasteiger partial charge in [-0.1, -0.05) is 11.6 Å². The molecule has 1 aliphatic heterocycles. The van der Waals surface area contributed by atoms with Crippen molar-refractivity contribution in [1.29, 1.82) is 0 Å². The number of hydrogen-bond acceptors (Lipinski definition) is 5. The molecule has 1 heterocycles. The number of nitro benzene ring substituents is 1. The first-order valence-corrected chi connectivity index (χ1v) is 6.99. The maximum atomic E-state index is 11.9. The molecule has 7 nitrogen and oxygen atoms in total. The van der Waals surface area contributed by atoms with Crippen molar-refractivity contribution in [1.82, 2.24) is 4.90 Å². The van der Waals surface area contributed by atoms with Crippen LogP contribution in [0.4, 0.5) is 11.4 Å². The van der Waals surface area contributed by atoms with E-state index in [0.717, 1.165) is 0 Å². The van der Waals surface area contributed by atoms with Crippen molar-refractivity contribution in [3.63, 3.8) is 0 Å². The third kappa shape index (κ3) is 4.30. The summed E-state index contributed by atoms with van der Waals surface area (Å²) in [6.45, 7) is 2.61. The molecule has 1 amide bonds. The predicted molar refractivity (Wildman–Crippen MR) is 78.6 cm³/mol. The van der Waals surface area contributed by atoms with Crippen LogP contribution in [0.25, 0.3) is 0 Å². The number of nitrogens with one attached hydrogen (secondary N) is 1. The van der Waals surface area contributed by atoms with E-state index in [0.29, 0.717) is 43.6 Å². The van der Waals surface area contributed by atoms with Gasteiger partial charge in [-0.25, -0.2) is 0 Å². The Morgan fingerprint density at radius 1 is 1.43 bits per heavy atom. The van der Waals surface area contributed by atoms with Crippen LogP contribution in [-0.2, 0) is 9.53 Å². The van der Waals surface area contributed by atoms with Crippen molar-refractivity contribution in [2.45, 2.75) is 6.42 Å². The van der Waals surface area contributed by atoms with Gasteiger partial charge in [0.25, 0.3) is 5.69 Å². The second kappa shape index (κ2) is 7.24. The Bertz CT molecular complexity index is 532. The van der Waals surface area contributed by atoms with E-state index >= 15 is 0 Å². The van der Waals surface area contributed by atoms with Crippen LogP contribution in [0.3, 0.4) is 0 Å². The van der Waals surface area contributed by atoms with Crippen molar-refractivity contribution in [2.24, 2.45) is 0 Å². The topological polar surface area (TPSA) is 84.7 Å². The SMILES string of the molecule is O=C(CCNc1cc(Cl)ccc1[N+](=O)[O-])N1CCOCC1. The Balaban J connectivity index is 1.89. The Hall–Kier alpha value is -1.86. The summed E-state index contributed by atoms with van der Waals surface area (Å²) in [6.07, 6.45) is 0.268. The lowest BCUT2D eigenvalue weighted by Crippen LogP contribution is -2.41. The van der Waals surface area contributed by atoms with Gasteiger partial charge in [0.1, 0.15) is 5.69 Å². The van der Waals surface area contributed by atoms with Crippen LogP contribution < -0.4 is 5.32 Å². The summed E-state index contributed by atoms with van der Waals surface area (Å²) in [4.78, 5) is 24.1. The van der Waals surface area contributed by atoms with Crippen LogP contribution >= 0.6 is 11.6 Å². The van der Waals surface area contributed by atoms with Gasteiger partial charge in [0.05, 0.1) is 18.1 Å². The number of benzene rings is 1. The van der Waals surface area contributed by atoms with E-state index in [-0.39, 0.29) is 18.0 Å². The average molecular weight is 314 g/mol. The summed E-state index contributed by atoms with van der Waals surface area (Å²) >= 11 is 5.83. The molecule has 0 aromatic heterocycles. The summed E-state index contributed by atoms with van der Waals surface area (Å²) in [7, 11) is 0. The lowest BCUT2D eigenvalue weighted by Gasteiger charge is -2.26. The van der Waals surface area contributed by atoms with E-state index in [9.17, 15) is 14.9 Å². The van der Waals surface area contributed by atoms with Crippen molar-refractivity contribution >= 4 is 28.9 Å². The van der Waals surface area contributed by atoms with Gasteiger partial charge in [-0.15, -0.1) is 0 Å². The van der Waals surface area contributed by atoms with Gasteiger partial charge in [-0.05, 0) is 12.1 Å². The van der Waals surface area contributed by atoms with E-state index in [4.69, 9.17) is 16.3 Å². The Labute approximate surface area is 127 Å². The highest BCUT2D eigenvalue weighted by Crippen LogP contribution is 2.27. The fourth-order valence-electron chi connectivity index (χ4n) is 2.08. The number of carbonyl (C=O) groups is 1. The third-order valence-electron chi connectivity index (χ3n) is 3.17. The van der Waals surface area contributed by atoms with Crippen LogP contribution in [0.2, 0.25) is 5.02 Å². The molecule has 0 bridgehead atoms. The molecule has 2 rings (SSSR count). The van der Waals surface area contributed by atoms with E-state index in [1.807, 2.05) is 0 Å².